The number of rotatable bonds is 5. The van der Waals surface area contributed by atoms with Crippen LogP contribution in [0.1, 0.15) is 38.7 Å². The van der Waals surface area contributed by atoms with Gasteiger partial charge < -0.3 is 0 Å². The van der Waals surface area contributed by atoms with Gasteiger partial charge in [0.1, 0.15) is 0 Å². The highest BCUT2D eigenvalue weighted by atomic mass is 32.2. The second-order valence-electron chi connectivity index (χ2n) is 4.45. The van der Waals surface area contributed by atoms with E-state index in [-0.39, 0.29) is 6.42 Å². The molecule has 0 saturated heterocycles. The Morgan fingerprint density at radius 2 is 2.06 bits per heavy atom. The Morgan fingerprint density at radius 1 is 1.39 bits per heavy atom. The first-order chi connectivity index (χ1) is 8.40. The summed E-state index contributed by atoms with van der Waals surface area (Å²) in [6.07, 6.45) is 0.274. The van der Waals surface area contributed by atoms with Crippen LogP contribution in [0.2, 0.25) is 0 Å². The summed E-state index contributed by atoms with van der Waals surface area (Å²) in [5, 5.41) is 7.80. The average Bonchev–Trinajstić information content (AvgIpc) is 2.29. The molecule has 1 atom stereocenters. The Hall–Kier alpha value is -1.54. The van der Waals surface area contributed by atoms with Crippen LogP contribution in [0.5, 0.6) is 0 Å². The molecule has 0 saturated carbocycles. The van der Waals surface area contributed by atoms with Gasteiger partial charge in [-0.05, 0) is 30.0 Å². The van der Waals surface area contributed by atoms with Crippen LogP contribution in [0.4, 0.5) is 5.69 Å². The first-order valence-electron chi connectivity index (χ1n) is 5.92. The molecule has 1 N–H and O–H groups in total. The van der Waals surface area contributed by atoms with Crippen LogP contribution >= 0.6 is 0 Å². The lowest BCUT2D eigenvalue weighted by molar-refractivity contribution is 0.593. The fourth-order valence-corrected chi connectivity index (χ4v) is 2.75. The second-order valence-corrected chi connectivity index (χ2v) is 6.32. The van der Waals surface area contributed by atoms with E-state index in [1.807, 2.05) is 19.9 Å². The number of nitrogens with one attached hydrogen (secondary N) is 1. The van der Waals surface area contributed by atoms with E-state index in [1.165, 1.54) is 0 Å². The smallest absolute Gasteiger partial charge is 0.249 e. The molecule has 1 aromatic rings. The highest BCUT2D eigenvalue weighted by Crippen LogP contribution is 2.20. The van der Waals surface area contributed by atoms with Crippen molar-refractivity contribution >= 4 is 15.7 Å². The molecule has 0 aliphatic rings. The minimum atomic E-state index is -3.63. The molecule has 0 radical (unpaired) electrons. The minimum absolute atomic E-state index is 0.274. The maximum absolute atomic E-state index is 11.9. The largest absolute Gasteiger partial charge is 0.282 e. The summed E-state index contributed by atoms with van der Waals surface area (Å²) in [5.41, 5.74) is 1.56. The lowest BCUT2D eigenvalue weighted by atomic mass is 10.0. The normalized spacial score (nSPS) is 13.1. The van der Waals surface area contributed by atoms with Crippen molar-refractivity contribution in [3.8, 4) is 6.07 Å². The van der Waals surface area contributed by atoms with Crippen LogP contribution in [0.25, 0.3) is 0 Å². The summed E-state index contributed by atoms with van der Waals surface area (Å²) in [6, 6.07) is 9.04. The molecular weight excluding hydrogens is 248 g/mol. The summed E-state index contributed by atoms with van der Waals surface area (Å²) >= 11 is 0. The molecule has 1 rings (SSSR count). The van der Waals surface area contributed by atoms with Gasteiger partial charge in [-0.15, -0.1) is 0 Å². The number of benzene rings is 1. The number of nitrogens with zero attached hydrogens (tertiary/aromatic N) is 1. The lowest BCUT2D eigenvalue weighted by Gasteiger charge is -2.13. The molecule has 18 heavy (non-hydrogen) atoms. The van der Waals surface area contributed by atoms with E-state index in [0.717, 1.165) is 5.56 Å². The van der Waals surface area contributed by atoms with E-state index < -0.39 is 15.3 Å². The van der Waals surface area contributed by atoms with E-state index in [0.29, 0.717) is 11.6 Å². The molecule has 0 aliphatic heterocycles. The maximum atomic E-state index is 11.9. The van der Waals surface area contributed by atoms with Crippen molar-refractivity contribution in [2.45, 2.75) is 38.4 Å². The molecule has 1 unspecified atom stereocenters. The molecule has 1 aromatic carbocycles. The Bertz CT molecular complexity index is 544. The summed E-state index contributed by atoms with van der Waals surface area (Å²) < 4.78 is 26.3. The summed E-state index contributed by atoms with van der Waals surface area (Å²) in [6.45, 7) is 5.76. The van der Waals surface area contributed by atoms with Crippen molar-refractivity contribution in [2.24, 2.45) is 0 Å². The zero-order chi connectivity index (χ0) is 13.8. The van der Waals surface area contributed by atoms with Crippen molar-refractivity contribution in [1.82, 2.24) is 0 Å². The highest BCUT2D eigenvalue weighted by Gasteiger charge is 2.23. The minimum Gasteiger partial charge on any atom is -0.282 e. The van der Waals surface area contributed by atoms with Crippen molar-refractivity contribution in [2.75, 3.05) is 4.72 Å². The zero-order valence-electron chi connectivity index (χ0n) is 10.8. The second kappa shape index (κ2) is 5.87. The van der Waals surface area contributed by atoms with E-state index in [4.69, 9.17) is 5.26 Å². The summed E-state index contributed by atoms with van der Waals surface area (Å²) in [4.78, 5) is 0. The van der Waals surface area contributed by atoms with E-state index in [1.54, 1.807) is 31.2 Å². The van der Waals surface area contributed by atoms with Gasteiger partial charge in [0.15, 0.2) is 5.25 Å². The monoisotopic (exact) mass is 266 g/mol. The van der Waals surface area contributed by atoms with Gasteiger partial charge in [0.25, 0.3) is 0 Å². The molecule has 0 bridgehead atoms. The Labute approximate surface area is 109 Å². The predicted molar refractivity (Wildman–Crippen MR) is 72.8 cm³/mol. The van der Waals surface area contributed by atoms with Crippen molar-refractivity contribution in [3.63, 3.8) is 0 Å². The Morgan fingerprint density at radius 3 is 2.56 bits per heavy atom. The molecule has 0 aromatic heterocycles. The first-order valence-corrected chi connectivity index (χ1v) is 7.46. The molecule has 0 spiro atoms. The number of hydrogen-bond acceptors (Lipinski definition) is 3. The molecular formula is C13H18N2O2S. The van der Waals surface area contributed by atoms with E-state index >= 15 is 0 Å². The first kappa shape index (κ1) is 14.5. The quantitative estimate of drug-likeness (QED) is 0.890. The fourth-order valence-electron chi connectivity index (χ4n) is 1.58. The van der Waals surface area contributed by atoms with Crippen molar-refractivity contribution < 1.29 is 8.42 Å². The molecule has 5 heteroatoms. The topological polar surface area (TPSA) is 70.0 Å². The Kier molecular flexibility index (Phi) is 4.74. The van der Waals surface area contributed by atoms with Crippen molar-refractivity contribution in [1.29, 1.82) is 5.26 Å². The van der Waals surface area contributed by atoms with E-state index in [9.17, 15) is 8.42 Å². The zero-order valence-corrected chi connectivity index (χ0v) is 11.7. The van der Waals surface area contributed by atoms with Gasteiger partial charge in [-0.2, -0.15) is 5.26 Å². The molecule has 0 aliphatic carbocycles. The van der Waals surface area contributed by atoms with Gasteiger partial charge in [0, 0.05) is 5.69 Å². The SMILES string of the molecule is CCC(C#N)S(=O)(=O)Nc1cccc(C(C)C)c1. The third kappa shape index (κ3) is 3.47. The van der Waals surface area contributed by atoms with Crippen LogP contribution in [0.3, 0.4) is 0 Å². The molecule has 0 amide bonds. The maximum Gasteiger partial charge on any atom is 0.249 e. The third-order valence-corrected chi connectivity index (χ3v) is 4.41. The van der Waals surface area contributed by atoms with E-state index in [2.05, 4.69) is 4.72 Å². The molecule has 0 fully saturated rings. The van der Waals surface area contributed by atoms with Gasteiger partial charge in [0.05, 0.1) is 6.07 Å². The predicted octanol–water partition coefficient (Wildman–Crippen LogP) is 2.85. The summed E-state index contributed by atoms with van der Waals surface area (Å²) in [7, 11) is -3.63. The standard InChI is InChI=1S/C13H18N2O2S/c1-4-13(9-14)18(16,17)15-12-7-5-6-11(8-12)10(2)3/h5-8,10,13,15H,4H2,1-3H3. The van der Waals surface area contributed by atoms with Crippen LogP contribution < -0.4 is 4.72 Å². The molecule has 98 valence electrons. The lowest BCUT2D eigenvalue weighted by Crippen LogP contribution is -2.25. The summed E-state index contributed by atoms with van der Waals surface area (Å²) in [5.74, 6) is 0.326. The number of sulfonamides is 1. The Balaban J connectivity index is 2.98. The van der Waals surface area contributed by atoms with Crippen LogP contribution in [-0.4, -0.2) is 13.7 Å². The van der Waals surface area contributed by atoms with Gasteiger partial charge in [-0.25, -0.2) is 8.42 Å². The number of hydrogen-bond donors (Lipinski definition) is 1. The molecule has 0 heterocycles. The van der Waals surface area contributed by atoms with Crippen LogP contribution in [-0.2, 0) is 10.0 Å². The van der Waals surface area contributed by atoms with Gasteiger partial charge in [0.2, 0.25) is 10.0 Å². The van der Waals surface area contributed by atoms with Crippen LogP contribution in [0, 0.1) is 11.3 Å². The van der Waals surface area contributed by atoms with Gasteiger partial charge in [-0.1, -0.05) is 32.9 Å². The number of anilines is 1. The third-order valence-electron chi connectivity index (χ3n) is 2.70. The van der Waals surface area contributed by atoms with Gasteiger partial charge in [-0.3, -0.25) is 4.72 Å². The van der Waals surface area contributed by atoms with Gasteiger partial charge >= 0.3 is 0 Å². The average molecular weight is 266 g/mol. The van der Waals surface area contributed by atoms with Crippen molar-refractivity contribution in [3.05, 3.63) is 29.8 Å². The number of nitriles is 1. The van der Waals surface area contributed by atoms with Crippen LogP contribution in [0.15, 0.2) is 24.3 Å². The fraction of sp³-hybridized carbons (Fsp3) is 0.462. The molecule has 4 nitrogen and oxygen atoms in total. The highest BCUT2D eigenvalue weighted by molar-refractivity contribution is 7.93.